The fraction of sp³-hybridized carbons (Fsp3) is 0.933. The average molecular weight is 285 g/mol. The molecule has 118 valence electrons. The van der Waals surface area contributed by atoms with E-state index < -0.39 is 0 Å². The van der Waals surface area contributed by atoms with Gasteiger partial charge in [-0.15, -0.1) is 0 Å². The van der Waals surface area contributed by atoms with Crippen LogP contribution in [0.3, 0.4) is 0 Å². The molecule has 0 aliphatic carbocycles. The molecular weight excluding hydrogens is 254 g/mol. The molecule has 0 saturated carbocycles. The molecule has 1 atom stereocenters. The van der Waals surface area contributed by atoms with Gasteiger partial charge in [-0.2, -0.15) is 0 Å². The maximum Gasteiger partial charge on any atom is 0.144 e. The van der Waals surface area contributed by atoms with Gasteiger partial charge in [0.1, 0.15) is 5.84 Å². The lowest BCUT2D eigenvalue weighted by atomic mass is 9.86. The monoisotopic (exact) mass is 285 g/mol. The van der Waals surface area contributed by atoms with E-state index in [0.717, 1.165) is 32.5 Å². The van der Waals surface area contributed by atoms with Crippen LogP contribution in [0, 0.1) is 11.3 Å². The van der Waals surface area contributed by atoms with Gasteiger partial charge in [0.15, 0.2) is 0 Å². The van der Waals surface area contributed by atoms with Crippen LogP contribution in [0.25, 0.3) is 0 Å². The summed E-state index contributed by atoms with van der Waals surface area (Å²) in [5.41, 5.74) is 5.49. The van der Waals surface area contributed by atoms with E-state index in [2.05, 4.69) is 10.1 Å². The van der Waals surface area contributed by atoms with E-state index in [0.29, 0.717) is 11.8 Å². The highest BCUT2D eigenvalue weighted by molar-refractivity contribution is 5.85. The second-order valence-corrected chi connectivity index (χ2v) is 6.59. The summed E-state index contributed by atoms with van der Waals surface area (Å²) in [4.78, 5) is 2.55. The number of methoxy groups -OCH3 is 1. The van der Waals surface area contributed by atoms with Crippen LogP contribution in [0.2, 0.25) is 0 Å². The first-order valence-corrected chi connectivity index (χ1v) is 7.69. The Morgan fingerprint density at radius 2 is 2.20 bits per heavy atom. The minimum absolute atomic E-state index is 0.213. The molecule has 20 heavy (non-hydrogen) atoms. The van der Waals surface area contributed by atoms with Crippen molar-refractivity contribution in [2.45, 2.75) is 46.0 Å². The first-order valence-electron chi connectivity index (χ1n) is 7.69. The normalized spacial score (nSPS) is 22.1. The summed E-state index contributed by atoms with van der Waals surface area (Å²) < 4.78 is 5.26. The maximum atomic E-state index is 8.75. The number of likely N-dealkylation sites (tertiary alicyclic amines) is 1. The van der Waals surface area contributed by atoms with Gasteiger partial charge in [-0.25, -0.2) is 0 Å². The molecule has 0 spiro atoms. The molecule has 1 aliphatic rings. The third-order valence-corrected chi connectivity index (χ3v) is 4.33. The number of unbranched alkanes of at least 4 members (excludes halogenated alkanes) is 1. The van der Waals surface area contributed by atoms with Gasteiger partial charge in [-0.05, 0) is 44.7 Å². The third-order valence-electron chi connectivity index (χ3n) is 4.33. The lowest BCUT2D eigenvalue weighted by molar-refractivity contribution is 0.0895. The van der Waals surface area contributed by atoms with E-state index in [4.69, 9.17) is 15.7 Å². The van der Waals surface area contributed by atoms with E-state index >= 15 is 0 Å². The number of hydrogen-bond acceptors (Lipinski definition) is 4. The number of hydrogen-bond donors (Lipinski definition) is 2. The molecule has 0 aromatic carbocycles. The molecule has 0 amide bonds. The summed E-state index contributed by atoms with van der Waals surface area (Å²) in [5, 5.41) is 11.9. The van der Waals surface area contributed by atoms with Gasteiger partial charge in [0.2, 0.25) is 0 Å². The molecule has 1 rings (SSSR count). The van der Waals surface area contributed by atoms with Gasteiger partial charge < -0.3 is 20.6 Å². The maximum absolute atomic E-state index is 8.75. The number of ether oxygens (including phenoxy) is 1. The van der Waals surface area contributed by atoms with Crippen LogP contribution in [-0.4, -0.2) is 49.3 Å². The lowest BCUT2D eigenvalue weighted by Gasteiger charge is -2.32. The molecule has 0 radical (unpaired) electrons. The molecule has 0 bridgehead atoms. The van der Waals surface area contributed by atoms with Gasteiger partial charge in [-0.3, -0.25) is 0 Å². The Labute approximate surface area is 123 Å². The third kappa shape index (κ3) is 5.67. The van der Waals surface area contributed by atoms with E-state index in [-0.39, 0.29) is 5.41 Å². The van der Waals surface area contributed by atoms with Crippen molar-refractivity contribution in [1.29, 1.82) is 0 Å². The number of oxime groups is 1. The zero-order chi connectivity index (χ0) is 15.0. The van der Waals surface area contributed by atoms with Crippen LogP contribution in [-0.2, 0) is 4.74 Å². The minimum Gasteiger partial charge on any atom is -0.409 e. The highest BCUT2D eigenvalue weighted by atomic mass is 16.5. The van der Waals surface area contributed by atoms with E-state index in [1.807, 2.05) is 13.8 Å². The van der Waals surface area contributed by atoms with Crippen molar-refractivity contribution in [2.24, 2.45) is 22.2 Å². The zero-order valence-corrected chi connectivity index (χ0v) is 13.3. The predicted octanol–water partition coefficient (Wildman–Crippen LogP) is 2.29. The first-order chi connectivity index (χ1) is 9.49. The summed E-state index contributed by atoms with van der Waals surface area (Å²) in [5.74, 6) is 1.03. The fourth-order valence-electron chi connectivity index (χ4n) is 2.89. The van der Waals surface area contributed by atoms with Gasteiger partial charge in [0.05, 0.1) is 6.61 Å². The van der Waals surface area contributed by atoms with Crippen LogP contribution in [0.1, 0.15) is 46.0 Å². The lowest BCUT2D eigenvalue weighted by Crippen LogP contribution is -2.37. The molecule has 3 N–H and O–H groups in total. The van der Waals surface area contributed by atoms with E-state index in [9.17, 15) is 0 Å². The molecule has 1 fully saturated rings. The van der Waals surface area contributed by atoms with E-state index in [1.54, 1.807) is 7.11 Å². The number of nitrogens with zero attached hydrogens (tertiary/aromatic N) is 2. The molecule has 5 heteroatoms. The van der Waals surface area contributed by atoms with Crippen LogP contribution in [0.15, 0.2) is 5.16 Å². The van der Waals surface area contributed by atoms with Gasteiger partial charge in [-0.1, -0.05) is 25.4 Å². The minimum atomic E-state index is -0.213. The Hall–Kier alpha value is -0.810. The van der Waals surface area contributed by atoms with Gasteiger partial charge in [0.25, 0.3) is 0 Å². The predicted molar refractivity (Wildman–Crippen MR) is 82.1 cm³/mol. The Morgan fingerprint density at radius 3 is 2.85 bits per heavy atom. The van der Waals surface area contributed by atoms with Crippen LogP contribution >= 0.6 is 0 Å². The summed E-state index contributed by atoms with van der Waals surface area (Å²) in [6, 6.07) is 0. The Bertz CT molecular complexity index is 303. The molecule has 0 aromatic rings. The fourth-order valence-corrected chi connectivity index (χ4v) is 2.89. The molecule has 0 aromatic heterocycles. The molecule has 1 saturated heterocycles. The van der Waals surface area contributed by atoms with Crippen molar-refractivity contribution < 1.29 is 9.94 Å². The molecule has 1 heterocycles. The molecular formula is C15H31N3O2. The number of amidine groups is 1. The summed E-state index contributed by atoms with van der Waals surface area (Å²) in [6.07, 6.45) is 5.80. The highest BCUT2D eigenvalue weighted by Crippen LogP contribution is 2.24. The van der Waals surface area contributed by atoms with Gasteiger partial charge in [0, 0.05) is 19.1 Å². The zero-order valence-electron chi connectivity index (χ0n) is 13.3. The summed E-state index contributed by atoms with van der Waals surface area (Å²) in [7, 11) is 1.79. The first kappa shape index (κ1) is 17.2. The molecule has 1 unspecified atom stereocenters. The highest BCUT2D eigenvalue weighted by Gasteiger charge is 2.23. The Morgan fingerprint density at radius 1 is 1.45 bits per heavy atom. The number of piperidine rings is 1. The SMILES string of the molecule is COCC1CCCN(CCCCC(C)(C)C(N)=NO)C1. The van der Waals surface area contributed by atoms with Crippen molar-refractivity contribution >= 4 is 5.84 Å². The number of rotatable bonds is 8. The van der Waals surface area contributed by atoms with E-state index in [1.165, 1.54) is 25.8 Å². The van der Waals surface area contributed by atoms with Crippen LogP contribution in [0.5, 0.6) is 0 Å². The molecule has 5 nitrogen and oxygen atoms in total. The van der Waals surface area contributed by atoms with Crippen molar-refractivity contribution in [1.82, 2.24) is 4.90 Å². The second-order valence-electron chi connectivity index (χ2n) is 6.59. The molecule has 1 aliphatic heterocycles. The van der Waals surface area contributed by atoms with Crippen molar-refractivity contribution in [3.05, 3.63) is 0 Å². The summed E-state index contributed by atoms with van der Waals surface area (Å²) >= 11 is 0. The number of nitrogens with two attached hydrogens (primary N) is 1. The quantitative estimate of drug-likeness (QED) is 0.236. The van der Waals surface area contributed by atoms with Crippen LogP contribution in [0.4, 0.5) is 0 Å². The Balaban J connectivity index is 2.21. The van der Waals surface area contributed by atoms with Crippen molar-refractivity contribution in [3.8, 4) is 0 Å². The average Bonchev–Trinajstić information content (AvgIpc) is 2.43. The van der Waals surface area contributed by atoms with Crippen LogP contribution < -0.4 is 5.73 Å². The van der Waals surface area contributed by atoms with Crippen molar-refractivity contribution in [3.63, 3.8) is 0 Å². The summed E-state index contributed by atoms with van der Waals surface area (Å²) in [6.45, 7) is 8.45. The standard InChI is InChI=1S/C15H31N3O2/c1-15(2,14(16)17-19)8-4-5-9-18-10-6-7-13(11-18)12-20-3/h13,19H,4-12H2,1-3H3,(H2,16,17). The van der Waals surface area contributed by atoms with Gasteiger partial charge >= 0.3 is 0 Å². The Kier molecular flexibility index (Phi) is 7.30. The van der Waals surface area contributed by atoms with Crippen molar-refractivity contribution in [2.75, 3.05) is 33.4 Å². The topological polar surface area (TPSA) is 71.1 Å². The second kappa shape index (κ2) is 8.47. The smallest absolute Gasteiger partial charge is 0.144 e. The largest absolute Gasteiger partial charge is 0.409 e.